The second-order valence-electron chi connectivity index (χ2n) is 2.21. The molecule has 0 bridgehead atoms. The van der Waals surface area contributed by atoms with E-state index in [-0.39, 0.29) is 13.0 Å². The summed E-state index contributed by atoms with van der Waals surface area (Å²) in [6, 6.07) is 0. The van der Waals surface area contributed by atoms with Crippen LogP contribution in [0.15, 0.2) is 11.8 Å². The van der Waals surface area contributed by atoms with Gasteiger partial charge in [0.15, 0.2) is 0 Å². The van der Waals surface area contributed by atoms with E-state index in [4.69, 9.17) is 9.84 Å². The van der Waals surface area contributed by atoms with E-state index in [1.807, 2.05) is 13.8 Å². The summed E-state index contributed by atoms with van der Waals surface area (Å²) < 4.78 is 4.86. The predicted octanol–water partition coefficient (Wildman–Crippen LogP) is 1.40. The highest BCUT2D eigenvalue weighted by atomic mass is 16.5. The largest absolute Gasteiger partial charge is 0.501 e. The minimum atomic E-state index is -0.831. The van der Waals surface area contributed by atoms with Crippen molar-refractivity contribution in [3.8, 4) is 0 Å². The van der Waals surface area contributed by atoms with Crippen molar-refractivity contribution in [1.29, 1.82) is 0 Å². The van der Waals surface area contributed by atoms with Crippen LogP contribution in [-0.2, 0) is 9.53 Å². The van der Waals surface area contributed by atoms with Crippen LogP contribution in [0, 0.1) is 0 Å². The SMILES string of the molecule is CC(C)=COCCC(=O)O. The van der Waals surface area contributed by atoms with Crippen LogP contribution in [0.5, 0.6) is 0 Å². The first kappa shape index (κ1) is 9.01. The Kier molecular flexibility index (Phi) is 4.37. The van der Waals surface area contributed by atoms with Crippen molar-refractivity contribution in [1.82, 2.24) is 0 Å². The summed E-state index contributed by atoms with van der Waals surface area (Å²) in [6.45, 7) is 4.03. The summed E-state index contributed by atoms with van der Waals surface area (Å²) in [7, 11) is 0. The number of carbonyl (C=O) groups is 1. The lowest BCUT2D eigenvalue weighted by Crippen LogP contribution is -1.99. The fourth-order valence-corrected chi connectivity index (χ4v) is 0.372. The zero-order valence-corrected chi connectivity index (χ0v) is 6.26. The van der Waals surface area contributed by atoms with E-state index in [0.29, 0.717) is 0 Å². The normalized spacial score (nSPS) is 8.60. The van der Waals surface area contributed by atoms with Crippen molar-refractivity contribution in [2.45, 2.75) is 20.3 Å². The van der Waals surface area contributed by atoms with Gasteiger partial charge in [0.25, 0.3) is 0 Å². The Labute approximate surface area is 60.3 Å². The number of aliphatic carboxylic acids is 1. The standard InChI is InChI=1S/C7H12O3/c1-6(2)5-10-4-3-7(8)9/h5H,3-4H2,1-2H3,(H,8,9). The van der Waals surface area contributed by atoms with Gasteiger partial charge in [-0.25, -0.2) is 0 Å². The van der Waals surface area contributed by atoms with E-state index in [1.165, 1.54) is 0 Å². The molecule has 0 spiro atoms. The molecule has 0 aromatic rings. The Hall–Kier alpha value is -0.990. The third kappa shape index (κ3) is 7.01. The van der Waals surface area contributed by atoms with Gasteiger partial charge in [0.05, 0.1) is 19.3 Å². The van der Waals surface area contributed by atoms with Crippen LogP contribution in [-0.4, -0.2) is 17.7 Å². The number of ether oxygens (including phenoxy) is 1. The number of carboxylic acid groups (broad SMARTS) is 1. The van der Waals surface area contributed by atoms with Crippen molar-refractivity contribution >= 4 is 5.97 Å². The summed E-state index contributed by atoms with van der Waals surface area (Å²) in [5, 5.41) is 8.18. The average Bonchev–Trinajstić information content (AvgIpc) is 1.79. The summed E-state index contributed by atoms with van der Waals surface area (Å²) in [5.41, 5.74) is 1.03. The molecular weight excluding hydrogens is 132 g/mol. The van der Waals surface area contributed by atoms with Crippen molar-refractivity contribution in [3.63, 3.8) is 0 Å². The van der Waals surface area contributed by atoms with Gasteiger partial charge >= 0.3 is 5.97 Å². The van der Waals surface area contributed by atoms with E-state index in [1.54, 1.807) is 6.26 Å². The van der Waals surface area contributed by atoms with E-state index >= 15 is 0 Å². The van der Waals surface area contributed by atoms with Gasteiger partial charge in [-0.05, 0) is 19.4 Å². The molecule has 0 aliphatic rings. The van der Waals surface area contributed by atoms with Gasteiger partial charge < -0.3 is 9.84 Å². The fraction of sp³-hybridized carbons (Fsp3) is 0.571. The van der Waals surface area contributed by atoms with Crippen molar-refractivity contribution in [2.75, 3.05) is 6.61 Å². The molecule has 0 aromatic carbocycles. The molecule has 1 N–H and O–H groups in total. The van der Waals surface area contributed by atoms with E-state index < -0.39 is 5.97 Å². The molecule has 0 aliphatic carbocycles. The van der Waals surface area contributed by atoms with Crippen LogP contribution in [0.3, 0.4) is 0 Å². The molecule has 0 atom stereocenters. The average molecular weight is 144 g/mol. The molecule has 0 unspecified atom stereocenters. The molecule has 0 heterocycles. The maximum atomic E-state index is 9.94. The minimum absolute atomic E-state index is 0.0593. The lowest BCUT2D eigenvalue weighted by molar-refractivity contribution is -0.137. The highest BCUT2D eigenvalue weighted by Gasteiger charge is 1.93. The van der Waals surface area contributed by atoms with Gasteiger partial charge in [-0.3, -0.25) is 4.79 Å². The third-order valence-corrected chi connectivity index (χ3v) is 0.753. The van der Waals surface area contributed by atoms with E-state index in [9.17, 15) is 4.79 Å². The zero-order valence-electron chi connectivity index (χ0n) is 6.26. The van der Waals surface area contributed by atoms with E-state index in [2.05, 4.69) is 0 Å². The zero-order chi connectivity index (χ0) is 7.98. The first-order valence-electron chi connectivity index (χ1n) is 3.09. The van der Waals surface area contributed by atoms with Gasteiger partial charge in [-0.1, -0.05) is 0 Å². The summed E-state index contributed by atoms with van der Waals surface area (Å²) in [5.74, 6) is -0.831. The Bertz CT molecular complexity index is 134. The molecule has 58 valence electrons. The maximum Gasteiger partial charge on any atom is 0.306 e. The predicted molar refractivity (Wildman–Crippen MR) is 37.6 cm³/mol. The van der Waals surface area contributed by atoms with Gasteiger partial charge in [-0.2, -0.15) is 0 Å². The summed E-state index contributed by atoms with van der Waals surface area (Å²) in [6.07, 6.45) is 1.62. The van der Waals surface area contributed by atoms with Crippen LogP contribution < -0.4 is 0 Å². The summed E-state index contributed by atoms with van der Waals surface area (Å²) in [4.78, 5) is 9.94. The molecule has 0 aliphatic heterocycles. The Balaban J connectivity index is 3.21. The molecule has 3 nitrogen and oxygen atoms in total. The van der Waals surface area contributed by atoms with Crippen LogP contribution in [0.25, 0.3) is 0 Å². The molecule has 0 saturated carbocycles. The van der Waals surface area contributed by atoms with Crippen molar-refractivity contribution < 1.29 is 14.6 Å². The van der Waals surface area contributed by atoms with Crippen LogP contribution >= 0.6 is 0 Å². The molecule has 0 radical (unpaired) electrons. The van der Waals surface area contributed by atoms with Gasteiger partial charge in [0.1, 0.15) is 0 Å². The number of rotatable bonds is 4. The van der Waals surface area contributed by atoms with Gasteiger partial charge in [0.2, 0.25) is 0 Å². The fourth-order valence-electron chi connectivity index (χ4n) is 0.372. The quantitative estimate of drug-likeness (QED) is 0.479. The maximum absolute atomic E-state index is 9.94. The summed E-state index contributed by atoms with van der Waals surface area (Å²) >= 11 is 0. The molecule has 0 amide bonds. The monoisotopic (exact) mass is 144 g/mol. The number of hydrogen-bond acceptors (Lipinski definition) is 2. The minimum Gasteiger partial charge on any atom is -0.501 e. The van der Waals surface area contributed by atoms with Crippen LogP contribution in [0.2, 0.25) is 0 Å². The highest BCUT2D eigenvalue weighted by Crippen LogP contribution is 1.90. The molecule has 0 fully saturated rings. The molecular formula is C7H12O3. The van der Waals surface area contributed by atoms with Crippen LogP contribution in [0.4, 0.5) is 0 Å². The molecule has 0 rings (SSSR count). The highest BCUT2D eigenvalue weighted by molar-refractivity contribution is 5.66. The molecule has 3 heteroatoms. The molecule has 10 heavy (non-hydrogen) atoms. The van der Waals surface area contributed by atoms with Crippen molar-refractivity contribution in [2.24, 2.45) is 0 Å². The Morgan fingerprint density at radius 3 is 2.60 bits per heavy atom. The molecule has 0 aromatic heterocycles. The van der Waals surface area contributed by atoms with E-state index in [0.717, 1.165) is 5.57 Å². The first-order valence-corrected chi connectivity index (χ1v) is 3.09. The number of allylic oxidation sites excluding steroid dienone is 1. The smallest absolute Gasteiger partial charge is 0.306 e. The lowest BCUT2D eigenvalue weighted by Gasteiger charge is -1.96. The van der Waals surface area contributed by atoms with Gasteiger partial charge in [0, 0.05) is 0 Å². The van der Waals surface area contributed by atoms with Gasteiger partial charge in [-0.15, -0.1) is 0 Å². The Morgan fingerprint density at radius 2 is 2.20 bits per heavy atom. The van der Waals surface area contributed by atoms with Crippen molar-refractivity contribution in [3.05, 3.63) is 11.8 Å². The third-order valence-electron chi connectivity index (χ3n) is 0.753. The first-order chi connectivity index (χ1) is 4.63. The number of carboxylic acids is 1. The number of hydrogen-bond donors (Lipinski definition) is 1. The van der Waals surface area contributed by atoms with Crippen LogP contribution in [0.1, 0.15) is 20.3 Å². The molecule has 0 saturated heterocycles. The topological polar surface area (TPSA) is 46.5 Å². The second kappa shape index (κ2) is 4.85. The Morgan fingerprint density at radius 1 is 1.60 bits per heavy atom. The second-order valence-corrected chi connectivity index (χ2v) is 2.21. The lowest BCUT2D eigenvalue weighted by atomic mass is 10.4.